The third-order valence-electron chi connectivity index (χ3n) is 2.90. The summed E-state index contributed by atoms with van der Waals surface area (Å²) in [5, 5.41) is 4.31. The summed E-state index contributed by atoms with van der Waals surface area (Å²) in [5.74, 6) is 0. The van der Waals surface area contributed by atoms with Crippen molar-refractivity contribution in [1.82, 2.24) is 14.6 Å². The van der Waals surface area contributed by atoms with E-state index in [1.54, 1.807) is 0 Å². The molecule has 19 heavy (non-hydrogen) atoms. The van der Waals surface area contributed by atoms with Crippen LogP contribution in [0.2, 0.25) is 0 Å². The van der Waals surface area contributed by atoms with E-state index in [0.717, 1.165) is 28.2 Å². The highest BCUT2D eigenvalue weighted by Gasteiger charge is 2.07. The van der Waals surface area contributed by atoms with Gasteiger partial charge in [0.15, 0.2) is 5.65 Å². The summed E-state index contributed by atoms with van der Waals surface area (Å²) in [5.41, 5.74) is 5.27. The molecule has 98 valence electrons. The van der Waals surface area contributed by atoms with Crippen LogP contribution in [0.25, 0.3) is 16.9 Å². The second-order valence-corrected chi connectivity index (χ2v) is 4.21. The van der Waals surface area contributed by atoms with Gasteiger partial charge >= 0.3 is 0 Å². The van der Waals surface area contributed by atoms with Gasteiger partial charge in [0.2, 0.25) is 0 Å². The first-order chi connectivity index (χ1) is 9.25. The Morgan fingerprint density at radius 1 is 1.00 bits per heavy atom. The Morgan fingerprint density at radius 2 is 1.68 bits per heavy atom. The summed E-state index contributed by atoms with van der Waals surface area (Å²) in [7, 11) is 0. The smallest absolute Gasteiger partial charge is 0.158 e. The molecule has 3 nitrogen and oxygen atoms in total. The van der Waals surface area contributed by atoms with Gasteiger partial charge in [-0.25, -0.2) is 9.50 Å². The van der Waals surface area contributed by atoms with E-state index >= 15 is 0 Å². The number of aryl methyl sites for hydroxylation is 2. The zero-order valence-corrected chi connectivity index (χ0v) is 11.9. The second kappa shape index (κ2) is 5.65. The number of hydrogen-bond donors (Lipinski definition) is 0. The van der Waals surface area contributed by atoms with Gasteiger partial charge in [-0.2, -0.15) is 5.10 Å². The lowest BCUT2D eigenvalue weighted by Crippen LogP contribution is -1.97. The van der Waals surface area contributed by atoms with Crippen molar-refractivity contribution < 1.29 is 0 Å². The molecule has 0 aliphatic carbocycles. The molecule has 0 bridgehead atoms. The highest BCUT2D eigenvalue weighted by Crippen LogP contribution is 2.20. The SMILES string of the molecule is CC.Cc1cnn2c(C)cc(-c3ccccc3)nc12. The van der Waals surface area contributed by atoms with E-state index in [9.17, 15) is 0 Å². The lowest BCUT2D eigenvalue weighted by atomic mass is 10.1. The maximum Gasteiger partial charge on any atom is 0.158 e. The Hall–Kier alpha value is -2.16. The van der Waals surface area contributed by atoms with Gasteiger partial charge in [0.25, 0.3) is 0 Å². The normalized spacial score (nSPS) is 10.1. The quantitative estimate of drug-likeness (QED) is 0.655. The molecule has 0 fully saturated rings. The number of nitrogens with zero attached hydrogens (tertiary/aromatic N) is 3. The first-order valence-electron chi connectivity index (χ1n) is 6.63. The van der Waals surface area contributed by atoms with E-state index in [0.29, 0.717) is 0 Å². The summed E-state index contributed by atoms with van der Waals surface area (Å²) in [6, 6.07) is 12.3. The first-order valence-corrected chi connectivity index (χ1v) is 6.63. The van der Waals surface area contributed by atoms with Gasteiger partial charge in [-0.1, -0.05) is 44.2 Å². The molecule has 0 aliphatic heterocycles. The van der Waals surface area contributed by atoms with E-state index in [4.69, 9.17) is 0 Å². The summed E-state index contributed by atoms with van der Waals surface area (Å²) >= 11 is 0. The fourth-order valence-electron chi connectivity index (χ4n) is 1.98. The Balaban J connectivity index is 0.000000637. The largest absolute Gasteiger partial charge is 0.228 e. The van der Waals surface area contributed by atoms with Crippen molar-refractivity contribution in [1.29, 1.82) is 0 Å². The molecule has 3 aromatic rings. The van der Waals surface area contributed by atoms with Crippen LogP contribution in [0.4, 0.5) is 0 Å². The highest BCUT2D eigenvalue weighted by atomic mass is 15.2. The standard InChI is InChI=1S/C14H13N3.C2H6/c1-10-9-15-17-11(2)8-13(16-14(10)17)12-6-4-3-5-7-12;1-2/h3-9H,1-2H3;1-2H3. The Morgan fingerprint density at radius 3 is 2.37 bits per heavy atom. The highest BCUT2D eigenvalue weighted by molar-refractivity contribution is 5.63. The molecule has 0 amide bonds. The molecule has 0 aliphatic rings. The lowest BCUT2D eigenvalue weighted by Gasteiger charge is -2.05. The van der Waals surface area contributed by atoms with Crippen molar-refractivity contribution in [3.8, 4) is 11.3 Å². The van der Waals surface area contributed by atoms with Crippen molar-refractivity contribution in [3.63, 3.8) is 0 Å². The minimum Gasteiger partial charge on any atom is -0.228 e. The molecule has 1 aromatic carbocycles. The summed E-state index contributed by atoms with van der Waals surface area (Å²) < 4.78 is 1.88. The van der Waals surface area contributed by atoms with Crippen molar-refractivity contribution in [2.24, 2.45) is 0 Å². The van der Waals surface area contributed by atoms with Crippen molar-refractivity contribution in [2.45, 2.75) is 27.7 Å². The van der Waals surface area contributed by atoms with Gasteiger partial charge in [0, 0.05) is 16.8 Å². The van der Waals surface area contributed by atoms with Gasteiger partial charge in [-0.15, -0.1) is 0 Å². The average Bonchev–Trinajstić information content (AvgIpc) is 2.84. The number of aromatic nitrogens is 3. The van der Waals surface area contributed by atoms with Crippen molar-refractivity contribution >= 4 is 5.65 Å². The summed E-state index contributed by atoms with van der Waals surface area (Å²) in [6.45, 7) is 8.08. The van der Waals surface area contributed by atoms with E-state index in [1.165, 1.54) is 0 Å². The fraction of sp³-hybridized carbons (Fsp3) is 0.250. The third-order valence-corrected chi connectivity index (χ3v) is 2.90. The third kappa shape index (κ3) is 2.50. The predicted molar refractivity (Wildman–Crippen MR) is 79.2 cm³/mol. The molecule has 0 atom stereocenters. The zero-order valence-electron chi connectivity index (χ0n) is 11.9. The number of hydrogen-bond acceptors (Lipinski definition) is 2. The zero-order chi connectivity index (χ0) is 13.8. The van der Waals surface area contributed by atoms with Gasteiger partial charge in [-0.3, -0.25) is 0 Å². The average molecular weight is 253 g/mol. The topological polar surface area (TPSA) is 30.2 Å². The summed E-state index contributed by atoms with van der Waals surface area (Å²) in [4.78, 5) is 4.67. The van der Waals surface area contributed by atoms with Crippen LogP contribution >= 0.6 is 0 Å². The van der Waals surface area contributed by atoms with Crippen LogP contribution in [0, 0.1) is 13.8 Å². The summed E-state index contributed by atoms with van der Waals surface area (Å²) in [6.07, 6.45) is 1.85. The molecular weight excluding hydrogens is 234 g/mol. The van der Waals surface area contributed by atoms with E-state index in [-0.39, 0.29) is 0 Å². The Labute approximate surface area is 113 Å². The lowest BCUT2D eigenvalue weighted by molar-refractivity contribution is 0.896. The van der Waals surface area contributed by atoms with E-state index in [1.807, 2.05) is 56.6 Å². The van der Waals surface area contributed by atoms with Gasteiger partial charge < -0.3 is 0 Å². The molecule has 2 aromatic heterocycles. The van der Waals surface area contributed by atoms with E-state index < -0.39 is 0 Å². The van der Waals surface area contributed by atoms with Crippen LogP contribution in [-0.4, -0.2) is 14.6 Å². The minimum atomic E-state index is 0.934. The number of benzene rings is 1. The van der Waals surface area contributed by atoms with Gasteiger partial charge in [0.1, 0.15) is 0 Å². The molecule has 0 spiro atoms. The van der Waals surface area contributed by atoms with Crippen LogP contribution in [0.3, 0.4) is 0 Å². The minimum absolute atomic E-state index is 0.934. The molecular formula is C16H19N3. The van der Waals surface area contributed by atoms with E-state index in [2.05, 4.69) is 28.3 Å². The molecule has 2 heterocycles. The molecule has 0 saturated carbocycles. The van der Waals surface area contributed by atoms with Crippen LogP contribution in [0.1, 0.15) is 25.1 Å². The molecule has 0 unspecified atom stereocenters. The van der Waals surface area contributed by atoms with Gasteiger partial charge in [0.05, 0.1) is 11.9 Å². The Bertz CT molecular complexity index is 669. The van der Waals surface area contributed by atoms with Crippen molar-refractivity contribution in [2.75, 3.05) is 0 Å². The number of fused-ring (bicyclic) bond motifs is 1. The maximum atomic E-state index is 4.67. The van der Waals surface area contributed by atoms with Crippen molar-refractivity contribution in [3.05, 3.63) is 53.9 Å². The molecule has 3 heteroatoms. The Kier molecular flexibility index (Phi) is 3.95. The maximum absolute atomic E-state index is 4.67. The van der Waals surface area contributed by atoms with Crippen LogP contribution in [-0.2, 0) is 0 Å². The number of rotatable bonds is 1. The van der Waals surface area contributed by atoms with Crippen LogP contribution in [0.15, 0.2) is 42.6 Å². The second-order valence-electron chi connectivity index (χ2n) is 4.21. The van der Waals surface area contributed by atoms with Crippen LogP contribution < -0.4 is 0 Å². The monoisotopic (exact) mass is 253 g/mol. The predicted octanol–water partition coefficient (Wildman–Crippen LogP) is 4.04. The van der Waals surface area contributed by atoms with Gasteiger partial charge in [-0.05, 0) is 19.9 Å². The molecule has 0 radical (unpaired) electrons. The molecule has 0 N–H and O–H groups in total. The van der Waals surface area contributed by atoms with Crippen LogP contribution in [0.5, 0.6) is 0 Å². The molecule has 0 saturated heterocycles. The first kappa shape index (κ1) is 13.3. The fourth-order valence-corrected chi connectivity index (χ4v) is 1.98. The molecule has 3 rings (SSSR count).